The van der Waals surface area contributed by atoms with E-state index < -0.39 is 0 Å². The van der Waals surface area contributed by atoms with Gasteiger partial charge >= 0.3 is 0 Å². The van der Waals surface area contributed by atoms with Gasteiger partial charge in [-0.2, -0.15) is 0 Å². The van der Waals surface area contributed by atoms with Crippen LogP contribution in [0.25, 0.3) is 10.9 Å². The molecule has 0 spiro atoms. The molecule has 0 atom stereocenters. The highest BCUT2D eigenvalue weighted by Crippen LogP contribution is 2.27. The lowest BCUT2D eigenvalue weighted by Crippen LogP contribution is -2.38. The Morgan fingerprint density at radius 1 is 1.28 bits per heavy atom. The molecule has 1 aliphatic heterocycles. The molecule has 2 aromatic heterocycles. The number of hydrogen-bond acceptors (Lipinski definition) is 3. The van der Waals surface area contributed by atoms with E-state index in [4.69, 9.17) is 0 Å². The number of piperidine rings is 1. The number of H-pyrrole nitrogens is 1. The number of carbonyl (C=O) groups excluding carboxylic acids is 1. The van der Waals surface area contributed by atoms with Gasteiger partial charge in [0.2, 0.25) is 0 Å². The molecule has 1 N–H and O–H groups in total. The Labute approximate surface area is 146 Å². The molecule has 130 valence electrons. The molecule has 0 unspecified atom stereocenters. The first kappa shape index (κ1) is 15.9. The van der Waals surface area contributed by atoms with Gasteiger partial charge in [0.15, 0.2) is 0 Å². The molecule has 6 nitrogen and oxygen atoms in total. The summed E-state index contributed by atoms with van der Waals surface area (Å²) in [5.41, 5.74) is 2.89. The van der Waals surface area contributed by atoms with E-state index in [1.54, 1.807) is 6.33 Å². The highest BCUT2D eigenvalue weighted by Gasteiger charge is 2.27. The van der Waals surface area contributed by atoms with Crippen LogP contribution in [0.2, 0.25) is 0 Å². The van der Waals surface area contributed by atoms with Gasteiger partial charge < -0.3 is 14.5 Å². The Balaban J connectivity index is 1.47. The van der Waals surface area contributed by atoms with E-state index in [2.05, 4.69) is 51.8 Å². The first-order chi connectivity index (χ1) is 12.2. The number of amides is 1. The van der Waals surface area contributed by atoms with Gasteiger partial charge in [-0.15, -0.1) is 10.2 Å². The molecule has 1 amide bonds. The average molecular weight is 337 g/mol. The molecule has 0 saturated carbocycles. The lowest BCUT2D eigenvalue weighted by Gasteiger charge is -2.31. The van der Waals surface area contributed by atoms with Crippen LogP contribution in [0.15, 0.2) is 30.6 Å². The van der Waals surface area contributed by atoms with Crippen molar-refractivity contribution in [1.82, 2.24) is 24.6 Å². The lowest BCUT2D eigenvalue weighted by atomic mass is 9.95. The largest absolute Gasteiger partial charge is 0.351 e. The minimum Gasteiger partial charge on any atom is -0.351 e. The molecule has 1 saturated heterocycles. The van der Waals surface area contributed by atoms with Crippen molar-refractivity contribution in [2.24, 2.45) is 0 Å². The fourth-order valence-corrected chi connectivity index (χ4v) is 3.69. The molecule has 0 aliphatic carbocycles. The first-order valence-electron chi connectivity index (χ1n) is 8.92. The van der Waals surface area contributed by atoms with Crippen LogP contribution < -0.4 is 0 Å². The zero-order chi connectivity index (χ0) is 17.4. The predicted molar refractivity (Wildman–Crippen MR) is 96.6 cm³/mol. The number of rotatable bonds is 3. The van der Waals surface area contributed by atoms with Crippen LogP contribution in [-0.4, -0.2) is 43.6 Å². The molecule has 0 bridgehead atoms. The van der Waals surface area contributed by atoms with E-state index in [-0.39, 0.29) is 5.91 Å². The highest BCUT2D eigenvalue weighted by molar-refractivity contribution is 5.98. The minimum atomic E-state index is 0.0873. The monoisotopic (exact) mass is 337 g/mol. The van der Waals surface area contributed by atoms with E-state index in [9.17, 15) is 4.79 Å². The Kier molecular flexibility index (Phi) is 4.03. The summed E-state index contributed by atoms with van der Waals surface area (Å²) in [5, 5.41) is 9.39. The smallest absolute Gasteiger partial charge is 0.270 e. The molecule has 3 aromatic rings. The van der Waals surface area contributed by atoms with Crippen molar-refractivity contribution < 1.29 is 4.79 Å². The summed E-state index contributed by atoms with van der Waals surface area (Å²) in [7, 11) is 0. The number of fused-ring (bicyclic) bond motifs is 1. The van der Waals surface area contributed by atoms with Crippen molar-refractivity contribution in [3.63, 3.8) is 0 Å². The number of aromatic amines is 1. The van der Waals surface area contributed by atoms with Crippen molar-refractivity contribution in [3.8, 4) is 0 Å². The van der Waals surface area contributed by atoms with Gasteiger partial charge in [-0.25, -0.2) is 0 Å². The standard InChI is InChI=1S/C19H23N5O/c1-3-23-12-20-22-18(23)14-6-8-24(9-7-14)19(25)17-11-15-5-4-13(2)10-16(15)21-17/h4-5,10-12,14,21H,3,6-9H2,1-2H3. The Morgan fingerprint density at radius 3 is 2.84 bits per heavy atom. The van der Waals surface area contributed by atoms with Crippen LogP contribution in [-0.2, 0) is 6.54 Å². The molecule has 4 rings (SSSR count). The number of carbonyl (C=O) groups is 1. The molecule has 6 heteroatoms. The van der Waals surface area contributed by atoms with E-state index in [1.807, 2.05) is 11.0 Å². The van der Waals surface area contributed by atoms with E-state index in [0.717, 1.165) is 49.2 Å². The Morgan fingerprint density at radius 2 is 2.08 bits per heavy atom. The maximum Gasteiger partial charge on any atom is 0.270 e. The first-order valence-corrected chi connectivity index (χ1v) is 8.92. The van der Waals surface area contributed by atoms with Gasteiger partial charge in [0.05, 0.1) is 0 Å². The zero-order valence-corrected chi connectivity index (χ0v) is 14.7. The van der Waals surface area contributed by atoms with Crippen LogP contribution in [0.3, 0.4) is 0 Å². The quantitative estimate of drug-likeness (QED) is 0.798. The van der Waals surface area contributed by atoms with Crippen LogP contribution in [0.4, 0.5) is 0 Å². The molecule has 0 radical (unpaired) electrons. The highest BCUT2D eigenvalue weighted by atomic mass is 16.2. The lowest BCUT2D eigenvalue weighted by molar-refractivity contribution is 0.0705. The summed E-state index contributed by atoms with van der Waals surface area (Å²) in [4.78, 5) is 18.1. The van der Waals surface area contributed by atoms with Crippen LogP contribution in [0, 0.1) is 6.92 Å². The number of benzene rings is 1. The van der Waals surface area contributed by atoms with Crippen LogP contribution >= 0.6 is 0 Å². The third-order valence-electron chi connectivity index (χ3n) is 5.14. The second kappa shape index (κ2) is 6.35. The number of aromatic nitrogens is 4. The van der Waals surface area contributed by atoms with Gasteiger partial charge in [-0.1, -0.05) is 12.1 Å². The molecule has 1 fully saturated rings. The number of aryl methyl sites for hydroxylation is 2. The fourth-order valence-electron chi connectivity index (χ4n) is 3.69. The third-order valence-corrected chi connectivity index (χ3v) is 5.14. The van der Waals surface area contributed by atoms with E-state index in [1.165, 1.54) is 5.56 Å². The predicted octanol–water partition coefficient (Wildman–Crippen LogP) is 3.11. The summed E-state index contributed by atoms with van der Waals surface area (Å²) < 4.78 is 2.10. The molecular weight excluding hydrogens is 314 g/mol. The van der Waals surface area contributed by atoms with Gasteiger partial charge in [-0.3, -0.25) is 4.79 Å². The number of nitrogens with one attached hydrogen (secondary N) is 1. The topological polar surface area (TPSA) is 66.8 Å². The van der Waals surface area contributed by atoms with Crippen molar-refractivity contribution in [1.29, 1.82) is 0 Å². The summed E-state index contributed by atoms with van der Waals surface area (Å²) >= 11 is 0. The second-order valence-corrected chi connectivity index (χ2v) is 6.82. The Hall–Kier alpha value is -2.63. The molecular formula is C19H23N5O. The molecule has 3 heterocycles. The zero-order valence-electron chi connectivity index (χ0n) is 14.7. The van der Waals surface area contributed by atoms with Crippen LogP contribution in [0.5, 0.6) is 0 Å². The van der Waals surface area contributed by atoms with E-state index >= 15 is 0 Å². The Bertz CT molecular complexity index is 902. The van der Waals surface area contributed by atoms with Gasteiger partial charge in [0.1, 0.15) is 17.8 Å². The summed E-state index contributed by atoms with van der Waals surface area (Å²) in [6.07, 6.45) is 3.66. The molecule has 25 heavy (non-hydrogen) atoms. The van der Waals surface area contributed by atoms with Gasteiger partial charge in [-0.05, 0) is 44.4 Å². The van der Waals surface area contributed by atoms with Crippen molar-refractivity contribution in [2.45, 2.75) is 39.2 Å². The number of likely N-dealkylation sites (tertiary alicyclic amines) is 1. The normalized spacial score (nSPS) is 15.8. The molecule has 1 aromatic carbocycles. The van der Waals surface area contributed by atoms with E-state index in [0.29, 0.717) is 11.6 Å². The molecule has 1 aliphatic rings. The van der Waals surface area contributed by atoms with Crippen molar-refractivity contribution in [3.05, 3.63) is 47.7 Å². The number of hydrogen-bond donors (Lipinski definition) is 1. The third kappa shape index (κ3) is 2.92. The summed E-state index contributed by atoms with van der Waals surface area (Å²) in [6, 6.07) is 8.16. The fraction of sp³-hybridized carbons (Fsp3) is 0.421. The average Bonchev–Trinajstić information content (AvgIpc) is 3.27. The van der Waals surface area contributed by atoms with Crippen molar-refractivity contribution >= 4 is 16.8 Å². The number of nitrogens with zero attached hydrogens (tertiary/aromatic N) is 4. The minimum absolute atomic E-state index is 0.0873. The second-order valence-electron chi connectivity index (χ2n) is 6.82. The summed E-state index contributed by atoms with van der Waals surface area (Å²) in [6.45, 7) is 6.56. The van der Waals surface area contributed by atoms with Gasteiger partial charge in [0, 0.05) is 36.5 Å². The van der Waals surface area contributed by atoms with Gasteiger partial charge in [0.25, 0.3) is 5.91 Å². The van der Waals surface area contributed by atoms with Crippen LogP contribution in [0.1, 0.15) is 47.6 Å². The van der Waals surface area contributed by atoms with Crippen molar-refractivity contribution in [2.75, 3.05) is 13.1 Å². The summed E-state index contributed by atoms with van der Waals surface area (Å²) in [5.74, 6) is 1.52. The SMILES string of the molecule is CCn1cnnc1C1CCN(C(=O)c2cc3ccc(C)cc3[nH]2)CC1. The maximum absolute atomic E-state index is 12.8. The maximum atomic E-state index is 12.8.